The highest BCUT2D eigenvalue weighted by molar-refractivity contribution is 7.92. The number of hydrogen-bond acceptors (Lipinski definition) is 4. The van der Waals surface area contributed by atoms with E-state index in [0.717, 1.165) is 21.7 Å². The van der Waals surface area contributed by atoms with Gasteiger partial charge in [-0.05, 0) is 47.9 Å². The summed E-state index contributed by atoms with van der Waals surface area (Å²) in [4.78, 5) is 27.9. The molecular formula is C28H41N3O4S. The molecule has 0 fully saturated rings. The first-order valence-electron chi connectivity index (χ1n) is 12.4. The lowest BCUT2D eigenvalue weighted by atomic mass is 9.87. The van der Waals surface area contributed by atoms with Crippen molar-refractivity contribution in [1.29, 1.82) is 0 Å². The van der Waals surface area contributed by atoms with Crippen LogP contribution in [0.4, 0.5) is 5.69 Å². The first-order chi connectivity index (χ1) is 16.7. The monoisotopic (exact) mass is 515 g/mol. The van der Waals surface area contributed by atoms with E-state index in [1.807, 2.05) is 56.3 Å². The topological polar surface area (TPSA) is 86.8 Å². The SMILES string of the molecule is CC(C)CNC(=O)[C@@H](C)N(CCc1ccccc1)C(=O)CN(c1ccc(C(C)(C)C)cc1)S(C)(=O)=O. The van der Waals surface area contributed by atoms with Crippen molar-refractivity contribution in [3.05, 3.63) is 65.7 Å². The van der Waals surface area contributed by atoms with Gasteiger partial charge in [0.25, 0.3) is 0 Å². The Morgan fingerprint density at radius 2 is 1.53 bits per heavy atom. The molecule has 0 saturated carbocycles. The molecule has 0 bridgehead atoms. The van der Waals surface area contributed by atoms with Gasteiger partial charge in [-0.3, -0.25) is 13.9 Å². The number of amides is 2. The number of nitrogens with one attached hydrogen (secondary N) is 1. The van der Waals surface area contributed by atoms with Gasteiger partial charge in [0.15, 0.2) is 0 Å². The molecule has 8 heteroatoms. The van der Waals surface area contributed by atoms with Crippen LogP contribution in [0.2, 0.25) is 0 Å². The third-order valence-electron chi connectivity index (χ3n) is 6.04. The largest absolute Gasteiger partial charge is 0.354 e. The summed E-state index contributed by atoms with van der Waals surface area (Å²) >= 11 is 0. The molecule has 7 nitrogen and oxygen atoms in total. The zero-order valence-corrected chi connectivity index (χ0v) is 23.4. The van der Waals surface area contributed by atoms with E-state index in [1.54, 1.807) is 19.1 Å². The first kappa shape index (κ1) is 29.4. The third-order valence-corrected chi connectivity index (χ3v) is 7.18. The maximum absolute atomic E-state index is 13.5. The van der Waals surface area contributed by atoms with Crippen LogP contribution in [0.25, 0.3) is 0 Å². The number of benzene rings is 2. The van der Waals surface area contributed by atoms with Gasteiger partial charge in [0, 0.05) is 13.1 Å². The van der Waals surface area contributed by atoms with E-state index in [-0.39, 0.29) is 23.8 Å². The van der Waals surface area contributed by atoms with E-state index in [4.69, 9.17) is 0 Å². The fourth-order valence-corrected chi connectivity index (χ4v) is 4.61. The molecule has 0 aliphatic rings. The predicted octanol–water partition coefficient (Wildman–Crippen LogP) is 3.98. The minimum absolute atomic E-state index is 0.0860. The fraction of sp³-hybridized carbons (Fsp3) is 0.500. The molecule has 0 aliphatic carbocycles. The van der Waals surface area contributed by atoms with Crippen LogP contribution in [0.3, 0.4) is 0 Å². The van der Waals surface area contributed by atoms with Crippen LogP contribution < -0.4 is 9.62 Å². The Labute approximate surface area is 216 Å². The van der Waals surface area contributed by atoms with Gasteiger partial charge in [0.1, 0.15) is 12.6 Å². The molecule has 0 aromatic heterocycles. The molecule has 2 rings (SSSR count). The summed E-state index contributed by atoms with van der Waals surface area (Å²) in [7, 11) is -3.74. The average Bonchev–Trinajstić information content (AvgIpc) is 2.80. The van der Waals surface area contributed by atoms with Crippen molar-refractivity contribution in [2.75, 3.05) is 30.2 Å². The second-order valence-electron chi connectivity index (χ2n) is 10.7. The molecule has 1 atom stereocenters. The molecule has 2 amide bonds. The zero-order valence-electron chi connectivity index (χ0n) is 22.6. The molecular weight excluding hydrogens is 474 g/mol. The molecule has 0 saturated heterocycles. The quantitative estimate of drug-likeness (QED) is 0.490. The van der Waals surface area contributed by atoms with Crippen LogP contribution in [-0.4, -0.2) is 57.1 Å². The van der Waals surface area contributed by atoms with E-state index in [1.165, 1.54) is 4.90 Å². The molecule has 2 aromatic carbocycles. The van der Waals surface area contributed by atoms with E-state index in [2.05, 4.69) is 26.1 Å². The summed E-state index contributed by atoms with van der Waals surface area (Å²) in [5.74, 6) is -0.416. The number of nitrogens with zero attached hydrogens (tertiary/aromatic N) is 2. The van der Waals surface area contributed by atoms with Crippen LogP contribution >= 0.6 is 0 Å². The van der Waals surface area contributed by atoms with Gasteiger partial charge in [-0.15, -0.1) is 0 Å². The van der Waals surface area contributed by atoms with Crippen LogP contribution in [0.5, 0.6) is 0 Å². The van der Waals surface area contributed by atoms with E-state index in [0.29, 0.717) is 25.2 Å². The maximum atomic E-state index is 13.5. The lowest BCUT2D eigenvalue weighted by molar-refractivity contribution is -0.138. The molecule has 198 valence electrons. The van der Waals surface area contributed by atoms with Crippen molar-refractivity contribution in [2.45, 2.75) is 59.4 Å². The molecule has 36 heavy (non-hydrogen) atoms. The summed E-state index contributed by atoms with van der Waals surface area (Å²) in [6, 6.07) is 16.2. The normalized spacial score (nSPS) is 12.8. The van der Waals surface area contributed by atoms with Crippen molar-refractivity contribution in [1.82, 2.24) is 10.2 Å². The highest BCUT2D eigenvalue weighted by Gasteiger charge is 2.30. The van der Waals surface area contributed by atoms with Gasteiger partial charge in [0.2, 0.25) is 21.8 Å². The van der Waals surface area contributed by atoms with Crippen molar-refractivity contribution in [3.8, 4) is 0 Å². The van der Waals surface area contributed by atoms with Crippen molar-refractivity contribution in [3.63, 3.8) is 0 Å². The minimum atomic E-state index is -3.74. The van der Waals surface area contributed by atoms with Gasteiger partial charge in [-0.1, -0.05) is 77.1 Å². The number of carbonyl (C=O) groups is 2. The summed E-state index contributed by atoms with van der Waals surface area (Å²) in [6.07, 6.45) is 1.64. The van der Waals surface area contributed by atoms with Gasteiger partial charge in [0.05, 0.1) is 11.9 Å². The first-order valence-corrected chi connectivity index (χ1v) is 14.2. The number of rotatable bonds is 11. The summed E-state index contributed by atoms with van der Waals surface area (Å²) in [5, 5.41) is 2.89. The van der Waals surface area contributed by atoms with Crippen molar-refractivity contribution in [2.24, 2.45) is 5.92 Å². The number of carbonyl (C=O) groups excluding carboxylic acids is 2. The van der Waals surface area contributed by atoms with Crippen LogP contribution in [-0.2, 0) is 31.4 Å². The lowest BCUT2D eigenvalue weighted by Crippen LogP contribution is -2.52. The number of sulfonamides is 1. The Balaban J connectivity index is 2.31. The second-order valence-corrected chi connectivity index (χ2v) is 12.6. The second kappa shape index (κ2) is 12.4. The van der Waals surface area contributed by atoms with Gasteiger partial charge >= 0.3 is 0 Å². The molecule has 0 radical (unpaired) electrons. The molecule has 0 aliphatic heterocycles. The van der Waals surface area contributed by atoms with E-state index in [9.17, 15) is 18.0 Å². The highest BCUT2D eigenvalue weighted by Crippen LogP contribution is 2.26. The van der Waals surface area contributed by atoms with Crippen LogP contribution in [0.15, 0.2) is 54.6 Å². The molecule has 2 aromatic rings. The highest BCUT2D eigenvalue weighted by atomic mass is 32.2. The average molecular weight is 516 g/mol. The summed E-state index contributed by atoms with van der Waals surface area (Å²) < 4.78 is 26.5. The van der Waals surface area contributed by atoms with Gasteiger partial charge in [-0.25, -0.2) is 8.42 Å². The maximum Gasteiger partial charge on any atom is 0.244 e. The smallest absolute Gasteiger partial charge is 0.244 e. The Morgan fingerprint density at radius 1 is 0.944 bits per heavy atom. The molecule has 1 N–H and O–H groups in total. The van der Waals surface area contributed by atoms with Crippen molar-refractivity contribution >= 4 is 27.5 Å². The fourth-order valence-electron chi connectivity index (χ4n) is 3.76. The summed E-state index contributed by atoms with van der Waals surface area (Å²) in [5.41, 5.74) is 2.42. The molecule has 0 heterocycles. The molecule has 0 spiro atoms. The minimum Gasteiger partial charge on any atom is -0.354 e. The van der Waals surface area contributed by atoms with Crippen LogP contribution in [0, 0.1) is 5.92 Å². The van der Waals surface area contributed by atoms with Crippen molar-refractivity contribution < 1.29 is 18.0 Å². The van der Waals surface area contributed by atoms with Gasteiger partial charge < -0.3 is 10.2 Å². The van der Waals surface area contributed by atoms with Gasteiger partial charge in [-0.2, -0.15) is 0 Å². The Bertz CT molecular complexity index is 1110. The Kier molecular flexibility index (Phi) is 10.1. The lowest BCUT2D eigenvalue weighted by Gasteiger charge is -2.31. The number of anilines is 1. The Hall–Kier alpha value is -2.87. The third kappa shape index (κ3) is 8.66. The van der Waals surface area contributed by atoms with E-state index < -0.39 is 22.0 Å². The molecule has 0 unspecified atom stereocenters. The standard InChI is InChI=1S/C28H41N3O4S/c1-21(2)19-29-27(33)22(3)30(18-17-23-11-9-8-10-12-23)26(32)20-31(36(7,34)35)25-15-13-24(14-16-25)28(4,5)6/h8-16,21-22H,17-20H2,1-7H3,(H,29,33)/t22-/m1/s1. The number of hydrogen-bond donors (Lipinski definition) is 1. The van der Waals surface area contributed by atoms with Crippen LogP contribution in [0.1, 0.15) is 52.7 Å². The predicted molar refractivity (Wildman–Crippen MR) is 147 cm³/mol. The Morgan fingerprint density at radius 3 is 2.03 bits per heavy atom. The zero-order chi connectivity index (χ0) is 27.1. The summed E-state index contributed by atoms with van der Waals surface area (Å²) in [6.45, 7) is 12.3. The van der Waals surface area contributed by atoms with E-state index >= 15 is 0 Å².